The minimum Gasteiger partial charge on any atom is -0.507 e. The van der Waals surface area contributed by atoms with Crippen molar-refractivity contribution in [2.75, 3.05) is 24.7 Å². The Balaban J connectivity index is 1.93. The van der Waals surface area contributed by atoms with E-state index in [9.17, 15) is 19.5 Å². The minimum atomic E-state index is -1.06. The summed E-state index contributed by atoms with van der Waals surface area (Å²) in [5.41, 5.74) is 1.04. The molecule has 3 aromatic rings. The van der Waals surface area contributed by atoms with Crippen molar-refractivity contribution in [3.8, 4) is 11.5 Å². The molecule has 38 heavy (non-hydrogen) atoms. The molecule has 1 atom stereocenters. The van der Waals surface area contributed by atoms with Crippen LogP contribution >= 0.6 is 11.3 Å². The van der Waals surface area contributed by atoms with Gasteiger partial charge >= 0.3 is 11.9 Å². The molecule has 0 radical (unpaired) electrons. The number of ketones is 1. The summed E-state index contributed by atoms with van der Waals surface area (Å²) in [5, 5.41) is 11.4. The summed E-state index contributed by atoms with van der Waals surface area (Å²) in [4.78, 5) is 49.1. The third-order valence-corrected chi connectivity index (χ3v) is 6.87. The predicted octanol–water partition coefficient (Wildman–Crippen LogP) is 4.45. The number of aromatic nitrogens is 2. The zero-order valence-corrected chi connectivity index (χ0v) is 22.2. The number of carbonyl (C=O) groups is 3. The van der Waals surface area contributed by atoms with E-state index >= 15 is 0 Å². The van der Waals surface area contributed by atoms with E-state index in [2.05, 4.69) is 9.97 Å². The third kappa shape index (κ3) is 4.97. The van der Waals surface area contributed by atoms with E-state index < -0.39 is 23.7 Å². The van der Waals surface area contributed by atoms with Gasteiger partial charge in [-0.15, -0.1) is 0 Å². The van der Waals surface area contributed by atoms with Gasteiger partial charge in [-0.3, -0.25) is 19.5 Å². The second-order valence-electron chi connectivity index (χ2n) is 8.11. The first-order chi connectivity index (χ1) is 18.3. The molecular weight excluding hydrogens is 510 g/mol. The van der Waals surface area contributed by atoms with Gasteiger partial charge < -0.3 is 19.3 Å². The van der Waals surface area contributed by atoms with E-state index in [1.165, 1.54) is 29.4 Å². The zero-order chi connectivity index (χ0) is 27.4. The van der Waals surface area contributed by atoms with Gasteiger partial charge in [-0.25, -0.2) is 9.78 Å². The van der Waals surface area contributed by atoms with E-state index in [-0.39, 0.29) is 27.9 Å². The number of pyridine rings is 1. The molecule has 2 aromatic heterocycles. The monoisotopic (exact) mass is 537 g/mol. The molecule has 1 aliphatic heterocycles. The lowest BCUT2D eigenvalue weighted by atomic mass is 9.95. The van der Waals surface area contributed by atoms with Crippen molar-refractivity contribution in [3.63, 3.8) is 0 Å². The maximum Gasteiger partial charge on any atom is 0.350 e. The topological polar surface area (TPSA) is 128 Å². The van der Waals surface area contributed by atoms with Gasteiger partial charge in [0.1, 0.15) is 10.6 Å². The molecule has 0 aliphatic carbocycles. The summed E-state index contributed by atoms with van der Waals surface area (Å²) in [6, 6.07) is 7.08. The Labute approximate surface area is 223 Å². The highest BCUT2D eigenvalue weighted by Gasteiger charge is 2.48. The van der Waals surface area contributed by atoms with Crippen LogP contribution in [0.4, 0.5) is 5.13 Å². The number of amides is 1. The summed E-state index contributed by atoms with van der Waals surface area (Å²) in [6.07, 6.45) is 2.94. The fraction of sp³-hybridized carbons (Fsp3) is 0.296. The van der Waals surface area contributed by atoms with Crippen LogP contribution in [-0.4, -0.2) is 52.6 Å². The van der Waals surface area contributed by atoms with Crippen LogP contribution in [0.3, 0.4) is 0 Å². The summed E-state index contributed by atoms with van der Waals surface area (Å²) in [7, 11) is 0. The molecule has 198 valence electrons. The number of nitrogens with zero attached hydrogens (tertiary/aromatic N) is 3. The lowest BCUT2D eigenvalue weighted by Gasteiger charge is -2.24. The SMILES string of the molecule is CCOC(=O)c1sc(N2C(=O)C(=O)/C(=C(/O)c3ccncc3)C2c2ccc(OCC)c(OCC)c2)nc1C. The molecule has 1 aliphatic rings. The predicted molar refractivity (Wildman–Crippen MR) is 141 cm³/mol. The Morgan fingerprint density at radius 2 is 1.71 bits per heavy atom. The van der Waals surface area contributed by atoms with Crippen LogP contribution in [-0.2, 0) is 14.3 Å². The van der Waals surface area contributed by atoms with Gasteiger partial charge in [0, 0.05) is 18.0 Å². The smallest absolute Gasteiger partial charge is 0.350 e. The Hall–Kier alpha value is -4.25. The van der Waals surface area contributed by atoms with E-state index in [0.717, 1.165) is 11.3 Å². The van der Waals surface area contributed by atoms with Gasteiger partial charge in [0.15, 0.2) is 16.6 Å². The maximum atomic E-state index is 13.4. The number of rotatable bonds is 9. The number of aliphatic hydroxyl groups excluding tert-OH is 1. The van der Waals surface area contributed by atoms with Crippen molar-refractivity contribution in [1.82, 2.24) is 9.97 Å². The van der Waals surface area contributed by atoms with Crippen molar-refractivity contribution in [3.05, 3.63) is 70.0 Å². The highest BCUT2D eigenvalue weighted by molar-refractivity contribution is 7.17. The average Bonchev–Trinajstić information content (AvgIpc) is 3.42. The fourth-order valence-electron chi connectivity index (χ4n) is 4.12. The standard InChI is InChI=1S/C27H27N3O7S/c1-5-35-18-9-8-17(14-19(18)36-6-2)21-20(22(31)16-10-12-28-13-11-16)23(32)25(33)30(21)27-29-15(4)24(38-27)26(34)37-7-3/h8-14,21,31H,5-7H2,1-4H3/b22-20+. The second kappa shape index (κ2) is 11.4. The van der Waals surface area contributed by atoms with Crippen LogP contribution < -0.4 is 14.4 Å². The number of hydrogen-bond donors (Lipinski definition) is 1. The van der Waals surface area contributed by atoms with E-state index in [0.29, 0.717) is 41.5 Å². The van der Waals surface area contributed by atoms with Crippen LogP contribution in [0.15, 0.2) is 48.3 Å². The van der Waals surface area contributed by atoms with Crippen LogP contribution in [0.2, 0.25) is 0 Å². The number of anilines is 1. The van der Waals surface area contributed by atoms with Gasteiger partial charge in [0.25, 0.3) is 5.78 Å². The quantitative estimate of drug-likeness (QED) is 0.182. The Morgan fingerprint density at radius 1 is 1.03 bits per heavy atom. The van der Waals surface area contributed by atoms with Gasteiger partial charge in [0.05, 0.1) is 37.1 Å². The van der Waals surface area contributed by atoms with Crippen molar-refractivity contribution in [1.29, 1.82) is 0 Å². The number of Topliss-reactive ketones (excluding diaryl/α,β-unsaturated/α-hetero) is 1. The number of hydrogen-bond acceptors (Lipinski definition) is 10. The Morgan fingerprint density at radius 3 is 2.37 bits per heavy atom. The normalized spacial score (nSPS) is 16.5. The number of carbonyl (C=O) groups excluding carboxylic acids is 3. The number of ether oxygens (including phenoxy) is 3. The summed E-state index contributed by atoms with van der Waals surface area (Å²) < 4.78 is 16.6. The van der Waals surface area contributed by atoms with Crippen LogP contribution in [0, 0.1) is 6.92 Å². The Kier molecular flexibility index (Phi) is 8.06. The van der Waals surface area contributed by atoms with Crippen molar-refractivity contribution >= 4 is 39.9 Å². The van der Waals surface area contributed by atoms with Crippen molar-refractivity contribution in [2.45, 2.75) is 33.7 Å². The van der Waals surface area contributed by atoms with Gasteiger partial charge in [-0.05, 0) is 57.5 Å². The summed E-state index contributed by atoms with van der Waals surface area (Å²) in [6.45, 7) is 7.93. The third-order valence-electron chi connectivity index (χ3n) is 5.73. The van der Waals surface area contributed by atoms with Gasteiger partial charge in [-0.1, -0.05) is 17.4 Å². The molecule has 4 rings (SSSR count). The maximum absolute atomic E-state index is 13.4. The molecule has 3 heterocycles. The molecule has 11 heteroatoms. The minimum absolute atomic E-state index is 0.123. The first-order valence-corrected chi connectivity index (χ1v) is 12.9. The number of thiazole rings is 1. The lowest BCUT2D eigenvalue weighted by Crippen LogP contribution is -2.29. The molecule has 1 saturated heterocycles. The molecule has 1 fully saturated rings. The van der Waals surface area contributed by atoms with Crippen LogP contribution in [0.25, 0.3) is 5.76 Å². The molecule has 0 spiro atoms. The average molecular weight is 538 g/mol. The highest BCUT2D eigenvalue weighted by atomic mass is 32.1. The number of esters is 1. The van der Waals surface area contributed by atoms with E-state index in [1.54, 1.807) is 32.0 Å². The van der Waals surface area contributed by atoms with Gasteiger partial charge in [-0.2, -0.15) is 0 Å². The number of aliphatic hydroxyl groups is 1. The van der Waals surface area contributed by atoms with Crippen LogP contribution in [0.5, 0.6) is 11.5 Å². The van der Waals surface area contributed by atoms with Crippen LogP contribution in [0.1, 0.15) is 53.3 Å². The first-order valence-electron chi connectivity index (χ1n) is 12.1. The summed E-state index contributed by atoms with van der Waals surface area (Å²) >= 11 is 0.941. The number of benzene rings is 1. The molecule has 1 amide bonds. The van der Waals surface area contributed by atoms with Gasteiger partial charge in [0.2, 0.25) is 0 Å². The van der Waals surface area contributed by atoms with E-state index in [4.69, 9.17) is 14.2 Å². The zero-order valence-electron chi connectivity index (χ0n) is 21.4. The molecule has 0 saturated carbocycles. The van der Waals surface area contributed by atoms with Crippen molar-refractivity contribution in [2.24, 2.45) is 0 Å². The van der Waals surface area contributed by atoms with Crippen molar-refractivity contribution < 1.29 is 33.7 Å². The highest BCUT2D eigenvalue weighted by Crippen LogP contribution is 2.45. The number of aryl methyl sites for hydroxylation is 1. The van der Waals surface area contributed by atoms with E-state index in [1.807, 2.05) is 13.8 Å². The molecule has 1 N–H and O–H groups in total. The lowest BCUT2D eigenvalue weighted by molar-refractivity contribution is -0.132. The molecular formula is C27H27N3O7S. The molecule has 1 aromatic carbocycles. The first kappa shape index (κ1) is 26.8. The molecule has 0 bridgehead atoms. The summed E-state index contributed by atoms with van der Waals surface area (Å²) in [5.74, 6) is -1.78. The second-order valence-corrected chi connectivity index (χ2v) is 9.09. The molecule has 1 unspecified atom stereocenters. The Bertz CT molecular complexity index is 1400. The molecule has 10 nitrogen and oxygen atoms in total. The largest absolute Gasteiger partial charge is 0.507 e. The fourth-order valence-corrected chi connectivity index (χ4v) is 5.11.